The van der Waals surface area contributed by atoms with Gasteiger partial charge < -0.3 is 19.8 Å². The second-order valence-corrected chi connectivity index (χ2v) is 3.68. The molecule has 1 fully saturated rings. The number of hydrogen-bond donors (Lipinski definition) is 2. The normalized spacial score (nSPS) is 26.8. The van der Waals surface area contributed by atoms with E-state index in [9.17, 15) is 5.11 Å². The summed E-state index contributed by atoms with van der Waals surface area (Å²) in [4.78, 5) is 5.98. The number of nitrogens with zero attached hydrogens (tertiary/aromatic N) is 3. The molecule has 0 saturated carbocycles. The van der Waals surface area contributed by atoms with E-state index in [1.807, 2.05) is 14.1 Å². The van der Waals surface area contributed by atoms with Crippen molar-refractivity contribution in [3.8, 4) is 0 Å². The van der Waals surface area contributed by atoms with Crippen LogP contribution in [-0.4, -0.2) is 42.0 Å². The highest BCUT2D eigenvalue weighted by Crippen LogP contribution is 2.22. The van der Waals surface area contributed by atoms with Crippen molar-refractivity contribution in [1.29, 1.82) is 0 Å². The Bertz CT molecular complexity index is 312. The molecule has 1 saturated heterocycles. The van der Waals surface area contributed by atoms with Crippen molar-refractivity contribution in [2.24, 2.45) is 0 Å². The minimum Gasteiger partial charge on any atom is -0.392 e. The second kappa shape index (κ2) is 3.55. The average molecular weight is 198 g/mol. The molecule has 2 N–H and O–H groups in total. The van der Waals surface area contributed by atoms with E-state index in [4.69, 9.17) is 4.52 Å². The molecule has 2 atom stereocenters. The van der Waals surface area contributed by atoms with Gasteiger partial charge in [-0.3, -0.25) is 0 Å². The third kappa shape index (κ3) is 1.71. The molecular formula is C8H14N4O2. The zero-order chi connectivity index (χ0) is 10.1. The van der Waals surface area contributed by atoms with Gasteiger partial charge in [0.1, 0.15) is 0 Å². The Kier molecular flexibility index (Phi) is 2.39. The molecule has 78 valence electrons. The molecule has 1 aromatic rings. The largest absolute Gasteiger partial charge is 0.392 e. The number of anilines is 1. The summed E-state index contributed by atoms with van der Waals surface area (Å²) in [6.45, 7) is 0.588. The van der Waals surface area contributed by atoms with Gasteiger partial charge in [-0.25, -0.2) is 0 Å². The summed E-state index contributed by atoms with van der Waals surface area (Å²) in [5.41, 5.74) is 0. The highest BCUT2D eigenvalue weighted by Gasteiger charge is 2.28. The van der Waals surface area contributed by atoms with Crippen LogP contribution in [0.1, 0.15) is 18.4 Å². The summed E-state index contributed by atoms with van der Waals surface area (Å²) >= 11 is 0. The van der Waals surface area contributed by atoms with Gasteiger partial charge in [0.25, 0.3) is 5.95 Å². The van der Waals surface area contributed by atoms with Crippen molar-refractivity contribution in [2.45, 2.75) is 18.6 Å². The lowest BCUT2D eigenvalue weighted by Crippen LogP contribution is -2.15. The quantitative estimate of drug-likeness (QED) is 0.669. The van der Waals surface area contributed by atoms with Crippen molar-refractivity contribution in [1.82, 2.24) is 15.5 Å². The average Bonchev–Trinajstić information content (AvgIpc) is 2.70. The molecule has 2 heterocycles. The molecule has 0 amide bonds. The smallest absolute Gasteiger partial charge is 0.265 e. The van der Waals surface area contributed by atoms with Gasteiger partial charge in [0.05, 0.1) is 12.1 Å². The maximum Gasteiger partial charge on any atom is 0.265 e. The molecule has 0 spiro atoms. The molecule has 14 heavy (non-hydrogen) atoms. The van der Waals surface area contributed by atoms with Crippen LogP contribution >= 0.6 is 0 Å². The van der Waals surface area contributed by atoms with E-state index in [-0.39, 0.29) is 12.1 Å². The molecule has 1 aliphatic heterocycles. The van der Waals surface area contributed by atoms with Crippen LogP contribution in [0.4, 0.5) is 5.95 Å². The van der Waals surface area contributed by atoms with Crippen LogP contribution in [-0.2, 0) is 0 Å². The van der Waals surface area contributed by atoms with E-state index < -0.39 is 0 Å². The summed E-state index contributed by atoms with van der Waals surface area (Å²) in [5.74, 6) is 1.11. The topological polar surface area (TPSA) is 74.4 Å². The van der Waals surface area contributed by atoms with Gasteiger partial charge in [-0.1, -0.05) is 0 Å². The summed E-state index contributed by atoms with van der Waals surface area (Å²) in [5, 5.41) is 16.2. The summed E-state index contributed by atoms with van der Waals surface area (Å²) < 4.78 is 5.08. The Labute approximate surface area is 81.9 Å². The standard InChI is InChI=1S/C8H14N4O2/c1-12(2)8-10-7(14-11-8)6-3-5(13)4-9-6/h5-6,9,13H,3-4H2,1-2H3/t5-,6+/m0/s1. The number of aromatic nitrogens is 2. The Morgan fingerprint density at radius 2 is 2.36 bits per heavy atom. The van der Waals surface area contributed by atoms with E-state index in [0.29, 0.717) is 24.8 Å². The molecule has 6 nitrogen and oxygen atoms in total. The molecule has 1 aliphatic rings. The first-order valence-electron chi connectivity index (χ1n) is 4.59. The molecular weight excluding hydrogens is 184 g/mol. The first kappa shape index (κ1) is 9.42. The molecule has 0 unspecified atom stereocenters. The van der Waals surface area contributed by atoms with Crippen LogP contribution in [0, 0.1) is 0 Å². The number of hydrogen-bond acceptors (Lipinski definition) is 6. The maximum absolute atomic E-state index is 9.31. The van der Waals surface area contributed by atoms with Crippen molar-refractivity contribution in [3.05, 3.63) is 5.89 Å². The van der Waals surface area contributed by atoms with Gasteiger partial charge in [0.15, 0.2) is 0 Å². The highest BCUT2D eigenvalue weighted by molar-refractivity contribution is 5.24. The lowest BCUT2D eigenvalue weighted by atomic mass is 10.2. The van der Waals surface area contributed by atoms with Crippen molar-refractivity contribution in [2.75, 3.05) is 25.5 Å². The predicted octanol–water partition coefficient (Wildman–Crippen LogP) is -0.469. The number of β-amino-alcohol motifs (C(OH)–C–C–N with tert-alkyl or cyclic N) is 1. The molecule has 1 aromatic heterocycles. The minimum absolute atomic E-state index is 0.00815. The van der Waals surface area contributed by atoms with Crippen molar-refractivity contribution in [3.63, 3.8) is 0 Å². The van der Waals surface area contributed by atoms with E-state index in [0.717, 1.165) is 0 Å². The number of aliphatic hydroxyl groups excluding tert-OH is 1. The minimum atomic E-state index is -0.310. The third-order valence-corrected chi connectivity index (χ3v) is 2.24. The van der Waals surface area contributed by atoms with Crippen molar-refractivity contribution < 1.29 is 9.63 Å². The lowest BCUT2D eigenvalue weighted by molar-refractivity contribution is 0.191. The first-order chi connectivity index (χ1) is 6.66. The van der Waals surface area contributed by atoms with Crippen LogP contribution in [0.15, 0.2) is 4.52 Å². The number of nitrogens with one attached hydrogen (secondary N) is 1. The van der Waals surface area contributed by atoms with Gasteiger partial charge in [0.2, 0.25) is 5.89 Å². The Morgan fingerprint density at radius 1 is 1.57 bits per heavy atom. The fraction of sp³-hybridized carbons (Fsp3) is 0.750. The third-order valence-electron chi connectivity index (χ3n) is 2.24. The Hall–Kier alpha value is -1.14. The highest BCUT2D eigenvalue weighted by atomic mass is 16.5. The zero-order valence-electron chi connectivity index (χ0n) is 8.27. The lowest BCUT2D eigenvalue weighted by Gasteiger charge is -2.04. The van der Waals surface area contributed by atoms with Crippen LogP contribution < -0.4 is 10.2 Å². The Morgan fingerprint density at radius 3 is 2.86 bits per heavy atom. The molecule has 0 bridgehead atoms. The maximum atomic E-state index is 9.31. The summed E-state index contributed by atoms with van der Waals surface area (Å²) in [7, 11) is 3.71. The fourth-order valence-corrected chi connectivity index (χ4v) is 1.46. The first-order valence-corrected chi connectivity index (χ1v) is 4.59. The van der Waals surface area contributed by atoms with Crippen LogP contribution in [0.2, 0.25) is 0 Å². The van der Waals surface area contributed by atoms with Crippen molar-refractivity contribution >= 4 is 5.95 Å². The molecule has 0 radical (unpaired) electrons. The number of aliphatic hydroxyl groups is 1. The molecule has 0 aliphatic carbocycles. The summed E-state index contributed by atoms with van der Waals surface area (Å²) in [6, 6.07) is -0.00815. The number of rotatable bonds is 2. The van der Waals surface area contributed by atoms with E-state index in [1.165, 1.54) is 0 Å². The van der Waals surface area contributed by atoms with E-state index >= 15 is 0 Å². The van der Waals surface area contributed by atoms with Crippen LogP contribution in [0.5, 0.6) is 0 Å². The molecule has 0 aromatic carbocycles. The molecule has 2 rings (SSSR count). The Balaban J connectivity index is 2.09. The van der Waals surface area contributed by atoms with E-state index in [1.54, 1.807) is 4.90 Å². The van der Waals surface area contributed by atoms with Crippen LogP contribution in [0.25, 0.3) is 0 Å². The fourth-order valence-electron chi connectivity index (χ4n) is 1.46. The van der Waals surface area contributed by atoms with E-state index in [2.05, 4.69) is 15.5 Å². The van der Waals surface area contributed by atoms with Gasteiger partial charge in [0, 0.05) is 20.6 Å². The van der Waals surface area contributed by atoms with Gasteiger partial charge in [-0.2, -0.15) is 4.98 Å². The zero-order valence-corrected chi connectivity index (χ0v) is 8.27. The van der Waals surface area contributed by atoms with Gasteiger partial charge >= 0.3 is 0 Å². The monoisotopic (exact) mass is 198 g/mol. The SMILES string of the molecule is CN(C)c1noc([C@H]2C[C@H](O)CN2)n1. The summed E-state index contributed by atoms with van der Waals surface area (Å²) in [6.07, 6.45) is 0.324. The van der Waals surface area contributed by atoms with Crippen LogP contribution in [0.3, 0.4) is 0 Å². The van der Waals surface area contributed by atoms with Gasteiger partial charge in [-0.05, 0) is 11.6 Å². The predicted molar refractivity (Wildman–Crippen MR) is 50.0 cm³/mol. The molecule has 6 heteroatoms. The second-order valence-electron chi connectivity index (χ2n) is 3.68. The van der Waals surface area contributed by atoms with Gasteiger partial charge in [-0.15, -0.1) is 0 Å².